The number of hydrogen-bond acceptors (Lipinski definition) is 6. The van der Waals surface area contributed by atoms with Crippen LogP contribution in [0.25, 0.3) is 0 Å². The topological polar surface area (TPSA) is 93.9 Å². The maximum atomic E-state index is 12.4. The molecule has 7 nitrogen and oxygen atoms in total. The summed E-state index contributed by atoms with van der Waals surface area (Å²) in [6.45, 7) is 3.16. The standard InChI is InChI=1S/C20H25N3O4S/c1-3-27-20(25)23-10-9-15-16(12-23)28-19(18(15)21)22-17(24)8-7-13-5-4-6-14(11-13)26-2/h4-6,11H,3,7-10,12,21H2,1-2H3,(H,22,24). The maximum absolute atomic E-state index is 12.4. The molecule has 0 unspecified atom stereocenters. The third-order valence-electron chi connectivity index (χ3n) is 4.65. The van der Waals surface area contributed by atoms with E-state index < -0.39 is 0 Å². The quantitative estimate of drug-likeness (QED) is 0.771. The Morgan fingerprint density at radius 2 is 2.18 bits per heavy atom. The fourth-order valence-electron chi connectivity index (χ4n) is 3.17. The van der Waals surface area contributed by atoms with Crippen molar-refractivity contribution in [2.24, 2.45) is 0 Å². The Morgan fingerprint density at radius 3 is 2.93 bits per heavy atom. The van der Waals surface area contributed by atoms with E-state index in [1.54, 1.807) is 18.9 Å². The third-order valence-corrected chi connectivity index (χ3v) is 5.80. The van der Waals surface area contributed by atoms with Crippen LogP contribution >= 0.6 is 11.3 Å². The number of benzene rings is 1. The van der Waals surface area contributed by atoms with Crippen LogP contribution in [-0.4, -0.2) is 37.2 Å². The molecule has 2 amide bonds. The molecule has 0 aliphatic carbocycles. The van der Waals surface area contributed by atoms with E-state index in [2.05, 4.69) is 5.32 Å². The highest BCUT2D eigenvalue weighted by Gasteiger charge is 2.27. The van der Waals surface area contributed by atoms with Gasteiger partial charge in [-0.05, 0) is 43.0 Å². The number of thiophene rings is 1. The molecule has 1 aliphatic rings. The Kier molecular flexibility index (Phi) is 6.41. The van der Waals surface area contributed by atoms with Gasteiger partial charge in [-0.1, -0.05) is 12.1 Å². The largest absolute Gasteiger partial charge is 0.497 e. The Labute approximate surface area is 168 Å². The average Bonchev–Trinajstić information content (AvgIpc) is 3.01. The van der Waals surface area contributed by atoms with Crippen molar-refractivity contribution in [3.05, 3.63) is 40.3 Å². The summed E-state index contributed by atoms with van der Waals surface area (Å²) in [4.78, 5) is 27.0. The number of nitrogens with two attached hydrogens (primary N) is 1. The number of nitrogen functional groups attached to an aromatic ring is 1. The molecule has 3 N–H and O–H groups in total. The van der Waals surface area contributed by atoms with E-state index in [0.717, 1.165) is 21.8 Å². The summed E-state index contributed by atoms with van der Waals surface area (Å²) in [5, 5.41) is 3.58. The van der Waals surface area contributed by atoms with Gasteiger partial charge in [0, 0.05) is 17.8 Å². The van der Waals surface area contributed by atoms with Crippen molar-refractivity contribution in [3.63, 3.8) is 0 Å². The van der Waals surface area contributed by atoms with Crippen LogP contribution in [0.2, 0.25) is 0 Å². The predicted octanol–water partition coefficient (Wildman–Crippen LogP) is 3.42. The number of nitrogens with zero attached hydrogens (tertiary/aromatic N) is 1. The number of rotatable bonds is 6. The SMILES string of the molecule is CCOC(=O)N1CCc2c(sc(NC(=O)CCc3cccc(OC)c3)c2N)C1. The average molecular weight is 404 g/mol. The molecule has 8 heteroatoms. The number of carbonyl (C=O) groups is 2. The number of aryl methyl sites for hydroxylation is 1. The van der Waals surface area contributed by atoms with Crippen molar-refractivity contribution in [2.75, 3.05) is 31.3 Å². The van der Waals surface area contributed by atoms with Gasteiger partial charge in [-0.2, -0.15) is 0 Å². The molecule has 0 fully saturated rings. The van der Waals surface area contributed by atoms with Crippen LogP contribution in [0.3, 0.4) is 0 Å². The molecular weight excluding hydrogens is 378 g/mol. The van der Waals surface area contributed by atoms with E-state index in [9.17, 15) is 9.59 Å². The molecule has 28 heavy (non-hydrogen) atoms. The molecule has 0 saturated heterocycles. The van der Waals surface area contributed by atoms with Crippen LogP contribution in [0.5, 0.6) is 5.75 Å². The number of ether oxygens (including phenoxy) is 2. The van der Waals surface area contributed by atoms with Crippen LogP contribution in [-0.2, 0) is 28.9 Å². The zero-order valence-corrected chi connectivity index (χ0v) is 16.9. The van der Waals surface area contributed by atoms with Gasteiger partial charge in [0.05, 0.1) is 25.9 Å². The molecule has 0 atom stereocenters. The van der Waals surface area contributed by atoms with Gasteiger partial charge in [0.1, 0.15) is 10.8 Å². The lowest BCUT2D eigenvalue weighted by molar-refractivity contribution is -0.116. The summed E-state index contributed by atoms with van der Waals surface area (Å²) >= 11 is 1.43. The van der Waals surface area contributed by atoms with E-state index in [4.69, 9.17) is 15.2 Å². The minimum atomic E-state index is -0.316. The molecule has 1 aromatic heterocycles. The Morgan fingerprint density at radius 1 is 1.36 bits per heavy atom. The molecular formula is C20H25N3O4S. The first-order chi connectivity index (χ1) is 13.5. The van der Waals surface area contributed by atoms with Crippen LogP contribution in [0.1, 0.15) is 29.3 Å². The molecule has 2 aromatic rings. The zero-order valence-electron chi connectivity index (χ0n) is 16.1. The number of fused-ring (bicyclic) bond motifs is 1. The molecule has 1 aromatic carbocycles. The summed E-state index contributed by atoms with van der Waals surface area (Å²) in [6, 6.07) is 7.68. The Bertz CT molecular complexity index is 865. The third kappa shape index (κ3) is 4.56. The first-order valence-corrected chi connectivity index (χ1v) is 10.1. The summed E-state index contributed by atoms with van der Waals surface area (Å²) in [5.74, 6) is 0.689. The van der Waals surface area contributed by atoms with Gasteiger partial charge in [0.15, 0.2) is 0 Å². The van der Waals surface area contributed by atoms with Crippen molar-refractivity contribution < 1.29 is 19.1 Å². The molecule has 0 spiro atoms. The highest BCUT2D eigenvalue weighted by molar-refractivity contribution is 7.17. The molecule has 3 rings (SSSR count). The lowest BCUT2D eigenvalue weighted by atomic mass is 10.1. The van der Waals surface area contributed by atoms with Gasteiger partial charge in [0.25, 0.3) is 0 Å². The minimum Gasteiger partial charge on any atom is -0.497 e. The normalized spacial score (nSPS) is 13.0. The van der Waals surface area contributed by atoms with Gasteiger partial charge < -0.3 is 25.4 Å². The van der Waals surface area contributed by atoms with E-state index in [1.807, 2.05) is 24.3 Å². The van der Waals surface area contributed by atoms with Gasteiger partial charge in [-0.25, -0.2) is 4.79 Å². The second-order valence-corrected chi connectivity index (χ2v) is 7.62. The smallest absolute Gasteiger partial charge is 0.410 e. The summed E-state index contributed by atoms with van der Waals surface area (Å²) in [7, 11) is 1.62. The number of anilines is 2. The number of methoxy groups -OCH3 is 1. The molecule has 1 aliphatic heterocycles. The van der Waals surface area contributed by atoms with Crippen molar-refractivity contribution in [1.29, 1.82) is 0 Å². The van der Waals surface area contributed by atoms with Crippen molar-refractivity contribution in [2.45, 2.75) is 32.7 Å². The molecule has 0 bridgehead atoms. The summed E-state index contributed by atoms with van der Waals surface area (Å²) in [6.07, 6.45) is 1.31. The minimum absolute atomic E-state index is 0.0876. The number of hydrogen-bond donors (Lipinski definition) is 2. The Balaban J connectivity index is 1.60. The maximum Gasteiger partial charge on any atom is 0.410 e. The fourth-order valence-corrected chi connectivity index (χ4v) is 4.37. The van der Waals surface area contributed by atoms with Crippen molar-refractivity contribution in [1.82, 2.24) is 4.90 Å². The first kappa shape index (κ1) is 20.0. The van der Waals surface area contributed by atoms with Crippen LogP contribution in [0, 0.1) is 0 Å². The van der Waals surface area contributed by atoms with Gasteiger partial charge >= 0.3 is 6.09 Å². The van der Waals surface area contributed by atoms with Gasteiger partial charge in [-0.15, -0.1) is 11.3 Å². The lowest BCUT2D eigenvalue weighted by Crippen LogP contribution is -2.35. The van der Waals surface area contributed by atoms with Crippen molar-refractivity contribution in [3.8, 4) is 5.75 Å². The lowest BCUT2D eigenvalue weighted by Gasteiger charge is -2.26. The molecule has 2 heterocycles. The second-order valence-electron chi connectivity index (χ2n) is 6.52. The number of amides is 2. The fraction of sp³-hybridized carbons (Fsp3) is 0.400. The van der Waals surface area contributed by atoms with Crippen LogP contribution in [0.15, 0.2) is 24.3 Å². The highest BCUT2D eigenvalue weighted by atomic mass is 32.1. The molecule has 150 valence electrons. The van der Waals surface area contributed by atoms with Gasteiger partial charge in [0.2, 0.25) is 5.91 Å². The summed E-state index contributed by atoms with van der Waals surface area (Å²) < 4.78 is 10.3. The first-order valence-electron chi connectivity index (χ1n) is 9.26. The molecule has 0 saturated carbocycles. The second kappa shape index (κ2) is 8.97. The van der Waals surface area contributed by atoms with E-state index in [0.29, 0.717) is 49.6 Å². The van der Waals surface area contributed by atoms with Gasteiger partial charge in [-0.3, -0.25) is 4.79 Å². The summed E-state index contributed by atoms with van der Waals surface area (Å²) in [5.41, 5.74) is 8.91. The van der Waals surface area contributed by atoms with Crippen molar-refractivity contribution >= 4 is 34.0 Å². The van der Waals surface area contributed by atoms with Crippen LogP contribution in [0.4, 0.5) is 15.5 Å². The van der Waals surface area contributed by atoms with E-state index in [1.165, 1.54) is 11.3 Å². The monoisotopic (exact) mass is 403 g/mol. The highest BCUT2D eigenvalue weighted by Crippen LogP contribution is 2.39. The predicted molar refractivity (Wildman–Crippen MR) is 110 cm³/mol. The Hall–Kier alpha value is -2.74. The number of carbonyl (C=O) groups excluding carboxylic acids is 2. The van der Waals surface area contributed by atoms with E-state index >= 15 is 0 Å². The number of nitrogens with one attached hydrogen (secondary N) is 1. The zero-order chi connectivity index (χ0) is 20.1. The van der Waals surface area contributed by atoms with E-state index in [-0.39, 0.29) is 12.0 Å². The molecule has 0 radical (unpaired) electrons. The van der Waals surface area contributed by atoms with Crippen LogP contribution < -0.4 is 15.8 Å².